The summed E-state index contributed by atoms with van der Waals surface area (Å²) >= 11 is 0. The summed E-state index contributed by atoms with van der Waals surface area (Å²) in [5.41, 5.74) is 1.15. The molecule has 4 amide bonds. The van der Waals surface area contributed by atoms with Crippen LogP contribution < -0.4 is 16.3 Å². The number of likely N-dealkylation sites (tertiary alicyclic amines) is 1. The maximum Gasteiger partial charge on any atom is 0.407 e. The molecular formula is C31H39N5O7. The molecule has 43 heavy (non-hydrogen) atoms. The molecule has 12 nitrogen and oxygen atoms in total. The Morgan fingerprint density at radius 2 is 1.79 bits per heavy atom. The first-order chi connectivity index (χ1) is 20.4. The Bertz CT molecular complexity index is 1540. The second kappa shape index (κ2) is 12.2. The molecule has 2 aromatic rings. The van der Waals surface area contributed by atoms with Gasteiger partial charge in [-0.15, -0.1) is 0 Å². The fraction of sp³-hybridized carbons (Fsp3) is 0.581. The predicted molar refractivity (Wildman–Crippen MR) is 157 cm³/mol. The molecule has 1 unspecified atom stereocenters. The Labute approximate surface area is 250 Å². The number of nitrogens with zero attached hydrogens (tertiary/aromatic N) is 3. The van der Waals surface area contributed by atoms with Gasteiger partial charge in [0.05, 0.1) is 23.7 Å². The molecule has 4 heterocycles. The molecule has 3 saturated heterocycles. The number of imide groups is 1. The quantitative estimate of drug-likeness (QED) is 0.410. The van der Waals surface area contributed by atoms with E-state index in [1.807, 2.05) is 37.8 Å². The van der Waals surface area contributed by atoms with Crippen molar-refractivity contribution in [3.8, 4) is 11.8 Å². The van der Waals surface area contributed by atoms with Crippen molar-refractivity contribution < 1.29 is 28.7 Å². The minimum absolute atomic E-state index is 0.0194. The average Bonchev–Trinajstić information content (AvgIpc) is 3.20. The van der Waals surface area contributed by atoms with Gasteiger partial charge in [-0.3, -0.25) is 28.8 Å². The number of piperidine rings is 2. The number of fused-ring (bicyclic) bond motifs is 1. The Morgan fingerprint density at radius 1 is 1.05 bits per heavy atom. The zero-order valence-corrected chi connectivity index (χ0v) is 25.1. The van der Waals surface area contributed by atoms with Crippen LogP contribution in [0.25, 0.3) is 11.0 Å². The summed E-state index contributed by atoms with van der Waals surface area (Å²) < 4.78 is 14.1. The van der Waals surface area contributed by atoms with Crippen molar-refractivity contribution in [1.82, 2.24) is 24.7 Å². The van der Waals surface area contributed by atoms with Crippen LogP contribution in [0.1, 0.15) is 70.9 Å². The summed E-state index contributed by atoms with van der Waals surface area (Å²) in [6, 6.07) is 4.56. The number of rotatable bonds is 3. The van der Waals surface area contributed by atoms with Gasteiger partial charge >= 0.3 is 11.8 Å². The maximum atomic E-state index is 13.1. The number of amides is 4. The molecule has 0 radical (unpaired) electrons. The van der Waals surface area contributed by atoms with Crippen molar-refractivity contribution in [3.05, 3.63) is 34.2 Å². The molecule has 0 spiro atoms. The SMILES string of the molecule is Cn1c(=O)n(C2CCC(=O)NC2=O)c2ccc(C#CC3CCN(C(=O)[C@H]4CC[C@H](NC(=O)OC(C)(C)C)CO4)CC3)cc21. The van der Waals surface area contributed by atoms with E-state index >= 15 is 0 Å². The van der Waals surface area contributed by atoms with Gasteiger partial charge in [-0.1, -0.05) is 11.8 Å². The summed E-state index contributed by atoms with van der Waals surface area (Å²) in [6.45, 7) is 6.89. The Morgan fingerprint density at radius 3 is 2.44 bits per heavy atom. The van der Waals surface area contributed by atoms with Crippen molar-refractivity contribution in [2.45, 2.75) is 83.1 Å². The van der Waals surface area contributed by atoms with Crippen molar-refractivity contribution in [3.63, 3.8) is 0 Å². The van der Waals surface area contributed by atoms with Gasteiger partial charge in [-0.2, -0.15) is 0 Å². The minimum atomic E-state index is -0.729. The third-order valence-corrected chi connectivity index (χ3v) is 8.11. The Hall–Kier alpha value is -4.11. The van der Waals surface area contributed by atoms with E-state index in [0.29, 0.717) is 37.0 Å². The van der Waals surface area contributed by atoms with Crippen LogP contribution in [0.4, 0.5) is 4.79 Å². The molecule has 1 aromatic heterocycles. The second-order valence-corrected chi connectivity index (χ2v) is 12.5. The lowest BCUT2D eigenvalue weighted by molar-refractivity contribution is -0.148. The Kier molecular flexibility index (Phi) is 8.64. The van der Waals surface area contributed by atoms with Crippen LogP contribution in [0, 0.1) is 17.8 Å². The number of nitrogens with one attached hydrogen (secondary N) is 2. The number of hydrogen-bond acceptors (Lipinski definition) is 7. The van der Waals surface area contributed by atoms with Crippen molar-refractivity contribution in [2.24, 2.45) is 13.0 Å². The molecule has 3 aliphatic heterocycles. The van der Waals surface area contributed by atoms with E-state index < -0.39 is 29.7 Å². The van der Waals surface area contributed by atoms with Gasteiger partial charge in [0.25, 0.3) is 5.91 Å². The number of aromatic nitrogens is 2. The Balaban J connectivity index is 1.14. The molecule has 3 atom stereocenters. The first kappa shape index (κ1) is 30.4. The van der Waals surface area contributed by atoms with E-state index in [0.717, 1.165) is 18.4 Å². The zero-order chi connectivity index (χ0) is 30.9. The number of aryl methyl sites for hydroxylation is 1. The summed E-state index contributed by atoms with van der Waals surface area (Å²) in [4.78, 5) is 63.9. The number of carbonyl (C=O) groups is 4. The van der Waals surface area contributed by atoms with Crippen LogP contribution in [0.2, 0.25) is 0 Å². The van der Waals surface area contributed by atoms with Gasteiger partial charge in [0, 0.05) is 38.0 Å². The standard InChI is InChI=1S/C31H39N5O7/c1-31(2,3)43-29(40)32-21-8-11-25(42-18-21)28(39)35-15-13-19(14-16-35)5-6-20-7-9-22-24(17-20)34(4)30(41)36(22)23-10-12-26(37)33-27(23)38/h7,9,17,19,21,23,25H,8,10-16,18H2,1-4H3,(H,32,40)(H,33,37,38)/t21-,23?,25+/m0/s1. The first-order valence-electron chi connectivity index (χ1n) is 14.9. The van der Waals surface area contributed by atoms with E-state index in [4.69, 9.17) is 9.47 Å². The van der Waals surface area contributed by atoms with Crippen LogP contribution in [-0.2, 0) is 30.9 Å². The molecule has 0 bridgehead atoms. The van der Waals surface area contributed by atoms with Gasteiger partial charge in [-0.05, 0) is 71.1 Å². The largest absolute Gasteiger partial charge is 0.444 e. The lowest BCUT2D eigenvalue weighted by Gasteiger charge is -2.35. The molecule has 0 aliphatic carbocycles. The first-order valence-corrected chi connectivity index (χ1v) is 14.9. The molecule has 3 aliphatic rings. The number of hydrogen-bond donors (Lipinski definition) is 2. The fourth-order valence-corrected chi connectivity index (χ4v) is 5.84. The van der Waals surface area contributed by atoms with Crippen LogP contribution in [0.5, 0.6) is 0 Å². The number of benzene rings is 1. The molecule has 12 heteroatoms. The zero-order valence-electron chi connectivity index (χ0n) is 25.1. The van der Waals surface area contributed by atoms with E-state index in [9.17, 15) is 24.0 Å². The second-order valence-electron chi connectivity index (χ2n) is 12.5. The highest BCUT2D eigenvalue weighted by molar-refractivity contribution is 6.00. The summed E-state index contributed by atoms with van der Waals surface area (Å²) in [7, 11) is 1.66. The summed E-state index contributed by atoms with van der Waals surface area (Å²) in [6.07, 6.45) is 2.16. The molecule has 1 aromatic carbocycles. The highest BCUT2D eigenvalue weighted by Gasteiger charge is 2.34. The predicted octanol–water partition coefficient (Wildman–Crippen LogP) is 1.98. The van der Waals surface area contributed by atoms with Crippen molar-refractivity contribution in [1.29, 1.82) is 0 Å². The monoisotopic (exact) mass is 593 g/mol. The molecule has 0 saturated carbocycles. The van der Waals surface area contributed by atoms with Gasteiger partial charge < -0.3 is 19.7 Å². The number of carbonyl (C=O) groups excluding carboxylic acids is 4. The smallest absolute Gasteiger partial charge is 0.407 e. The normalized spacial score (nSPS) is 23.3. The molecule has 230 valence electrons. The fourth-order valence-electron chi connectivity index (χ4n) is 5.84. The lowest BCUT2D eigenvalue weighted by atomic mass is 9.96. The minimum Gasteiger partial charge on any atom is -0.444 e. The molecular weight excluding hydrogens is 554 g/mol. The van der Waals surface area contributed by atoms with Crippen LogP contribution >= 0.6 is 0 Å². The van der Waals surface area contributed by atoms with Crippen molar-refractivity contribution in [2.75, 3.05) is 19.7 Å². The number of ether oxygens (including phenoxy) is 2. The highest BCUT2D eigenvalue weighted by Crippen LogP contribution is 2.25. The van der Waals surface area contributed by atoms with Gasteiger partial charge in [0.1, 0.15) is 17.7 Å². The third-order valence-electron chi connectivity index (χ3n) is 8.11. The van der Waals surface area contributed by atoms with Crippen LogP contribution in [0.3, 0.4) is 0 Å². The van der Waals surface area contributed by atoms with Gasteiger partial charge in [0.15, 0.2) is 0 Å². The average molecular weight is 594 g/mol. The molecule has 2 N–H and O–H groups in total. The maximum absolute atomic E-state index is 13.1. The summed E-state index contributed by atoms with van der Waals surface area (Å²) in [5.74, 6) is 5.88. The highest BCUT2D eigenvalue weighted by atomic mass is 16.6. The number of alkyl carbamates (subject to hydrolysis) is 1. The third kappa shape index (κ3) is 6.94. The topological polar surface area (TPSA) is 141 Å². The number of imidazole rings is 1. The summed E-state index contributed by atoms with van der Waals surface area (Å²) in [5, 5.41) is 5.13. The van der Waals surface area contributed by atoms with E-state index in [-0.39, 0.29) is 48.9 Å². The van der Waals surface area contributed by atoms with E-state index in [2.05, 4.69) is 22.5 Å². The molecule has 5 rings (SSSR count). The van der Waals surface area contributed by atoms with Gasteiger partial charge in [-0.25, -0.2) is 9.59 Å². The lowest BCUT2D eigenvalue weighted by Crippen LogP contribution is -2.50. The molecule has 3 fully saturated rings. The van der Waals surface area contributed by atoms with Crippen LogP contribution in [-0.4, -0.2) is 75.3 Å². The van der Waals surface area contributed by atoms with E-state index in [1.165, 1.54) is 9.13 Å². The van der Waals surface area contributed by atoms with E-state index in [1.54, 1.807) is 13.1 Å². The van der Waals surface area contributed by atoms with Crippen LogP contribution in [0.15, 0.2) is 23.0 Å². The van der Waals surface area contributed by atoms with Crippen molar-refractivity contribution >= 4 is 34.8 Å². The van der Waals surface area contributed by atoms with Gasteiger partial charge in [0.2, 0.25) is 11.8 Å².